The van der Waals surface area contributed by atoms with Crippen molar-refractivity contribution < 1.29 is 14.3 Å². The lowest BCUT2D eigenvalue weighted by Crippen LogP contribution is -2.21. The zero-order valence-corrected chi connectivity index (χ0v) is 14.3. The summed E-state index contributed by atoms with van der Waals surface area (Å²) in [6.45, 7) is 5.02. The van der Waals surface area contributed by atoms with Gasteiger partial charge in [-0.25, -0.2) is 0 Å². The van der Waals surface area contributed by atoms with Crippen molar-refractivity contribution >= 4 is 17.3 Å². The predicted molar refractivity (Wildman–Crippen MR) is 96.9 cm³/mol. The maximum atomic E-state index is 12.0. The number of methoxy groups -OCH3 is 1. The van der Waals surface area contributed by atoms with Crippen LogP contribution in [-0.2, 0) is 4.79 Å². The number of hydrogen-bond acceptors (Lipinski definition) is 4. The molecular formula is C19H24N2O3. The third kappa shape index (κ3) is 5.83. The quantitative estimate of drug-likeness (QED) is 0.774. The van der Waals surface area contributed by atoms with Gasteiger partial charge in [0.15, 0.2) is 0 Å². The predicted octanol–water partition coefficient (Wildman–Crippen LogP) is 3.78. The molecule has 5 heteroatoms. The number of carbonyl (C=O) groups is 1. The van der Waals surface area contributed by atoms with Crippen molar-refractivity contribution in [3.8, 4) is 11.5 Å². The van der Waals surface area contributed by atoms with E-state index in [9.17, 15) is 4.79 Å². The SMILES string of the molecule is COc1ccc(NCC(=O)Nc2cccc(OCC(C)C)c2)cc1. The van der Waals surface area contributed by atoms with E-state index in [1.54, 1.807) is 7.11 Å². The summed E-state index contributed by atoms with van der Waals surface area (Å²) < 4.78 is 10.8. The number of benzene rings is 2. The molecular weight excluding hydrogens is 304 g/mol. The highest BCUT2D eigenvalue weighted by molar-refractivity contribution is 5.93. The summed E-state index contributed by atoms with van der Waals surface area (Å²) in [5.74, 6) is 1.87. The van der Waals surface area contributed by atoms with E-state index in [1.807, 2.05) is 48.5 Å². The fraction of sp³-hybridized carbons (Fsp3) is 0.316. The second kappa shape index (κ2) is 8.82. The van der Waals surface area contributed by atoms with Gasteiger partial charge in [0.25, 0.3) is 0 Å². The average molecular weight is 328 g/mol. The minimum atomic E-state index is -0.119. The standard InChI is InChI=1S/C19H24N2O3/c1-14(2)13-24-18-6-4-5-16(11-18)21-19(22)12-20-15-7-9-17(23-3)10-8-15/h4-11,14,20H,12-13H2,1-3H3,(H,21,22). The van der Waals surface area contributed by atoms with Crippen LogP contribution in [0.3, 0.4) is 0 Å². The molecule has 0 spiro atoms. The molecule has 0 saturated heterocycles. The van der Waals surface area contributed by atoms with Crippen LogP contribution in [0.2, 0.25) is 0 Å². The van der Waals surface area contributed by atoms with Gasteiger partial charge in [0.2, 0.25) is 5.91 Å². The minimum absolute atomic E-state index is 0.119. The Bertz CT molecular complexity index is 654. The van der Waals surface area contributed by atoms with Gasteiger partial charge in [0, 0.05) is 17.4 Å². The molecule has 0 fully saturated rings. The summed E-state index contributed by atoms with van der Waals surface area (Å²) in [6, 6.07) is 14.8. The number of hydrogen-bond donors (Lipinski definition) is 2. The van der Waals surface area contributed by atoms with Crippen molar-refractivity contribution in [1.29, 1.82) is 0 Å². The van der Waals surface area contributed by atoms with Crippen molar-refractivity contribution in [2.45, 2.75) is 13.8 Å². The highest BCUT2D eigenvalue weighted by Gasteiger charge is 2.04. The van der Waals surface area contributed by atoms with E-state index in [1.165, 1.54) is 0 Å². The van der Waals surface area contributed by atoms with Gasteiger partial charge in [-0.15, -0.1) is 0 Å². The highest BCUT2D eigenvalue weighted by atomic mass is 16.5. The Hall–Kier alpha value is -2.69. The molecule has 0 saturated carbocycles. The molecule has 2 N–H and O–H groups in total. The lowest BCUT2D eigenvalue weighted by molar-refractivity contribution is -0.114. The van der Waals surface area contributed by atoms with Crippen molar-refractivity contribution in [1.82, 2.24) is 0 Å². The Morgan fingerprint density at radius 2 is 1.79 bits per heavy atom. The molecule has 2 aromatic rings. The first-order chi connectivity index (χ1) is 11.6. The third-order valence-corrected chi connectivity index (χ3v) is 3.24. The molecule has 2 aromatic carbocycles. The normalized spacial score (nSPS) is 10.3. The van der Waals surface area contributed by atoms with Gasteiger partial charge in [0.05, 0.1) is 20.3 Å². The van der Waals surface area contributed by atoms with Crippen LogP contribution in [-0.4, -0.2) is 26.2 Å². The lowest BCUT2D eigenvalue weighted by Gasteiger charge is -2.11. The van der Waals surface area contributed by atoms with Crippen molar-refractivity contribution in [3.63, 3.8) is 0 Å². The van der Waals surface area contributed by atoms with Crippen LogP contribution >= 0.6 is 0 Å². The van der Waals surface area contributed by atoms with E-state index in [-0.39, 0.29) is 12.5 Å². The molecule has 128 valence electrons. The number of carbonyl (C=O) groups excluding carboxylic acids is 1. The average Bonchev–Trinajstić information content (AvgIpc) is 2.59. The van der Waals surface area contributed by atoms with E-state index < -0.39 is 0 Å². The molecule has 0 radical (unpaired) electrons. The zero-order chi connectivity index (χ0) is 17.4. The molecule has 0 heterocycles. The fourth-order valence-electron chi connectivity index (χ4n) is 2.02. The van der Waals surface area contributed by atoms with Crippen LogP contribution < -0.4 is 20.1 Å². The Morgan fingerprint density at radius 1 is 1.04 bits per heavy atom. The van der Waals surface area contributed by atoms with E-state index in [0.29, 0.717) is 12.5 Å². The summed E-state index contributed by atoms with van der Waals surface area (Å²) >= 11 is 0. The molecule has 0 aliphatic rings. The molecule has 0 unspecified atom stereocenters. The fourth-order valence-corrected chi connectivity index (χ4v) is 2.02. The van der Waals surface area contributed by atoms with Gasteiger partial charge in [-0.1, -0.05) is 19.9 Å². The number of amides is 1. The molecule has 0 bridgehead atoms. The first kappa shape index (κ1) is 17.7. The molecule has 24 heavy (non-hydrogen) atoms. The lowest BCUT2D eigenvalue weighted by atomic mass is 10.2. The summed E-state index contributed by atoms with van der Waals surface area (Å²) in [5, 5.41) is 5.93. The second-order valence-corrected chi connectivity index (χ2v) is 5.86. The van der Waals surface area contributed by atoms with Gasteiger partial charge >= 0.3 is 0 Å². The maximum Gasteiger partial charge on any atom is 0.243 e. The minimum Gasteiger partial charge on any atom is -0.497 e. The number of ether oxygens (including phenoxy) is 2. The van der Waals surface area contributed by atoms with E-state index >= 15 is 0 Å². The smallest absolute Gasteiger partial charge is 0.243 e. The Morgan fingerprint density at radius 3 is 2.46 bits per heavy atom. The number of anilines is 2. The van der Waals surface area contributed by atoms with E-state index in [0.717, 1.165) is 22.9 Å². The molecule has 0 aromatic heterocycles. The molecule has 2 rings (SSSR count). The van der Waals surface area contributed by atoms with Crippen molar-refractivity contribution in [2.75, 3.05) is 30.9 Å². The van der Waals surface area contributed by atoms with Gasteiger partial charge in [-0.2, -0.15) is 0 Å². The second-order valence-electron chi connectivity index (χ2n) is 5.86. The topological polar surface area (TPSA) is 59.6 Å². The Balaban J connectivity index is 1.84. The van der Waals surface area contributed by atoms with Crippen LogP contribution in [0.1, 0.15) is 13.8 Å². The Kier molecular flexibility index (Phi) is 6.49. The van der Waals surface area contributed by atoms with Crippen molar-refractivity contribution in [2.24, 2.45) is 5.92 Å². The summed E-state index contributed by atoms with van der Waals surface area (Å²) in [5.41, 5.74) is 1.58. The summed E-state index contributed by atoms with van der Waals surface area (Å²) in [6.07, 6.45) is 0. The number of nitrogens with one attached hydrogen (secondary N) is 2. The maximum absolute atomic E-state index is 12.0. The van der Waals surface area contributed by atoms with Gasteiger partial charge in [0.1, 0.15) is 11.5 Å². The summed E-state index contributed by atoms with van der Waals surface area (Å²) in [7, 11) is 1.62. The highest BCUT2D eigenvalue weighted by Crippen LogP contribution is 2.18. The largest absolute Gasteiger partial charge is 0.497 e. The summed E-state index contributed by atoms with van der Waals surface area (Å²) in [4.78, 5) is 12.0. The van der Waals surface area contributed by atoms with Gasteiger partial charge < -0.3 is 20.1 Å². The number of rotatable bonds is 8. The first-order valence-electron chi connectivity index (χ1n) is 7.97. The van der Waals surface area contributed by atoms with Crippen LogP contribution in [0.4, 0.5) is 11.4 Å². The van der Waals surface area contributed by atoms with Crippen LogP contribution in [0.15, 0.2) is 48.5 Å². The van der Waals surface area contributed by atoms with Crippen LogP contribution in [0.25, 0.3) is 0 Å². The van der Waals surface area contributed by atoms with Gasteiger partial charge in [-0.3, -0.25) is 4.79 Å². The molecule has 0 atom stereocenters. The van der Waals surface area contributed by atoms with Crippen molar-refractivity contribution in [3.05, 3.63) is 48.5 Å². The zero-order valence-electron chi connectivity index (χ0n) is 14.3. The molecule has 0 aliphatic carbocycles. The molecule has 5 nitrogen and oxygen atoms in total. The monoisotopic (exact) mass is 328 g/mol. The third-order valence-electron chi connectivity index (χ3n) is 3.24. The molecule has 0 aliphatic heterocycles. The Labute approximate surface area is 143 Å². The van der Waals surface area contributed by atoms with E-state index in [4.69, 9.17) is 9.47 Å². The van der Waals surface area contributed by atoms with Crippen LogP contribution in [0, 0.1) is 5.92 Å². The van der Waals surface area contributed by atoms with Gasteiger partial charge in [-0.05, 0) is 42.3 Å². The first-order valence-corrected chi connectivity index (χ1v) is 7.97. The molecule has 1 amide bonds. The van der Waals surface area contributed by atoms with E-state index in [2.05, 4.69) is 24.5 Å². The van der Waals surface area contributed by atoms with Crippen LogP contribution in [0.5, 0.6) is 11.5 Å².